The summed E-state index contributed by atoms with van der Waals surface area (Å²) in [6, 6.07) is 7.21. The molecule has 0 bridgehead atoms. The van der Waals surface area contributed by atoms with E-state index in [4.69, 9.17) is 18.0 Å². The van der Waals surface area contributed by atoms with E-state index in [1.165, 1.54) is 0 Å². The Kier molecular flexibility index (Phi) is 4.60. The number of hydrogen-bond donors (Lipinski definition) is 1. The maximum atomic E-state index is 11.8. The summed E-state index contributed by atoms with van der Waals surface area (Å²) in [5.74, 6) is 2.53. The third kappa shape index (κ3) is 4.13. The summed E-state index contributed by atoms with van der Waals surface area (Å²) in [5.41, 5.74) is 0.353. The van der Waals surface area contributed by atoms with E-state index < -0.39 is 5.54 Å². The molecule has 0 saturated carbocycles. The van der Waals surface area contributed by atoms with Crippen molar-refractivity contribution in [3.05, 3.63) is 34.9 Å². The van der Waals surface area contributed by atoms with Crippen LogP contribution in [0.25, 0.3) is 0 Å². The number of carbonyl (C=O) groups excluding carboxylic acids is 1. The molecule has 1 N–H and O–H groups in total. The number of hydrogen-bond acceptors (Lipinski definition) is 1. The van der Waals surface area contributed by atoms with E-state index in [0.717, 1.165) is 5.56 Å². The minimum atomic E-state index is -0.566. The smallest absolute Gasteiger partial charge is 0.225 e. The van der Waals surface area contributed by atoms with E-state index in [1.54, 1.807) is 12.1 Å². The second kappa shape index (κ2) is 5.75. The van der Waals surface area contributed by atoms with Gasteiger partial charge in [-0.05, 0) is 31.0 Å². The summed E-state index contributed by atoms with van der Waals surface area (Å²) >= 11 is 5.77. The minimum Gasteiger partial charge on any atom is -0.340 e. The van der Waals surface area contributed by atoms with Gasteiger partial charge in [0.15, 0.2) is 0 Å². The zero-order chi connectivity index (χ0) is 12.9. The van der Waals surface area contributed by atoms with Crippen LogP contribution >= 0.6 is 11.6 Å². The van der Waals surface area contributed by atoms with E-state index >= 15 is 0 Å². The Balaban J connectivity index is 2.62. The first-order valence-electron chi connectivity index (χ1n) is 5.52. The molecule has 2 nitrogen and oxygen atoms in total. The second-order valence-corrected chi connectivity index (χ2v) is 4.62. The summed E-state index contributed by atoms with van der Waals surface area (Å²) in [4.78, 5) is 11.8. The number of rotatable bonds is 4. The first kappa shape index (κ1) is 13.6. The molecule has 0 radical (unpaired) electrons. The highest BCUT2D eigenvalue weighted by atomic mass is 35.5. The lowest BCUT2D eigenvalue weighted by Crippen LogP contribution is -2.44. The van der Waals surface area contributed by atoms with Crippen LogP contribution in [0.3, 0.4) is 0 Å². The summed E-state index contributed by atoms with van der Waals surface area (Å²) < 4.78 is 0. The van der Waals surface area contributed by atoms with Crippen LogP contribution in [-0.2, 0) is 11.2 Å². The van der Waals surface area contributed by atoms with Gasteiger partial charge in [0.2, 0.25) is 5.91 Å². The first-order chi connectivity index (χ1) is 7.99. The van der Waals surface area contributed by atoms with Crippen molar-refractivity contribution < 1.29 is 4.79 Å². The number of benzene rings is 1. The summed E-state index contributed by atoms with van der Waals surface area (Å²) in [7, 11) is 0. The molecule has 0 aliphatic carbocycles. The predicted octanol–water partition coefficient (Wildman–Crippen LogP) is 2.80. The molecule has 1 amide bonds. The predicted molar refractivity (Wildman–Crippen MR) is 70.8 cm³/mol. The van der Waals surface area contributed by atoms with E-state index in [9.17, 15) is 4.79 Å². The van der Waals surface area contributed by atoms with Gasteiger partial charge in [0.25, 0.3) is 0 Å². The van der Waals surface area contributed by atoms with Crippen LogP contribution in [0.5, 0.6) is 0 Å². The molecule has 0 saturated heterocycles. The molecule has 0 aromatic heterocycles. The van der Waals surface area contributed by atoms with Crippen molar-refractivity contribution in [2.45, 2.75) is 32.2 Å². The third-order valence-corrected chi connectivity index (χ3v) is 2.97. The average Bonchev–Trinajstić information content (AvgIpc) is 2.32. The zero-order valence-electron chi connectivity index (χ0n) is 10.1. The van der Waals surface area contributed by atoms with Gasteiger partial charge in [-0.25, -0.2) is 0 Å². The molecule has 1 rings (SSSR count). The van der Waals surface area contributed by atoms with Gasteiger partial charge >= 0.3 is 0 Å². The summed E-state index contributed by atoms with van der Waals surface area (Å²) in [6.07, 6.45) is 6.42. The van der Waals surface area contributed by atoms with Gasteiger partial charge < -0.3 is 5.32 Å². The van der Waals surface area contributed by atoms with Crippen LogP contribution < -0.4 is 5.32 Å². The molecule has 0 spiro atoms. The Morgan fingerprint density at radius 2 is 2.06 bits per heavy atom. The highest BCUT2D eigenvalue weighted by molar-refractivity contribution is 6.30. The van der Waals surface area contributed by atoms with Gasteiger partial charge in [-0.15, -0.1) is 6.42 Å². The van der Waals surface area contributed by atoms with Crippen LogP contribution in [-0.4, -0.2) is 11.4 Å². The van der Waals surface area contributed by atoms with Crippen LogP contribution in [0.1, 0.15) is 25.8 Å². The SMILES string of the molecule is C#C[C@@](C)(CC)NC(=O)Cc1ccc(Cl)cc1. The molecule has 0 fully saturated rings. The van der Waals surface area contributed by atoms with Crippen LogP contribution in [0, 0.1) is 12.3 Å². The van der Waals surface area contributed by atoms with Crippen LogP contribution in [0.2, 0.25) is 5.02 Å². The van der Waals surface area contributed by atoms with Crippen molar-refractivity contribution in [2.75, 3.05) is 0 Å². The fourth-order valence-electron chi connectivity index (χ4n) is 1.37. The highest BCUT2D eigenvalue weighted by Gasteiger charge is 2.20. The Labute approximate surface area is 107 Å². The molecule has 0 unspecified atom stereocenters. The lowest BCUT2D eigenvalue weighted by Gasteiger charge is -2.23. The van der Waals surface area contributed by atoms with Gasteiger partial charge in [0.05, 0.1) is 12.0 Å². The second-order valence-electron chi connectivity index (χ2n) is 4.18. The van der Waals surface area contributed by atoms with Crippen LogP contribution in [0.4, 0.5) is 0 Å². The zero-order valence-corrected chi connectivity index (χ0v) is 10.8. The standard InChI is InChI=1S/C14H16ClNO/c1-4-14(3,5-2)16-13(17)10-11-6-8-12(15)9-7-11/h1,6-9H,5,10H2,2-3H3,(H,16,17)/t14-/m0/s1. The van der Waals surface area contributed by atoms with E-state index in [0.29, 0.717) is 17.9 Å². The summed E-state index contributed by atoms with van der Waals surface area (Å²) in [6.45, 7) is 3.79. The maximum Gasteiger partial charge on any atom is 0.225 e. The van der Waals surface area contributed by atoms with Crippen molar-refractivity contribution in [3.63, 3.8) is 0 Å². The Hall–Kier alpha value is -1.46. The number of amides is 1. The summed E-state index contributed by atoms with van der Waals surface area (Å²) in [5, 5.41) is 3.51. The van der Waals surface area contributed by atoms with Gasteiger partial charge in [-0.3, -0.25) is 4.79 Å². The number of halogens is 1. The molecule has 0 aliphatic heterocycles. The van der Waals surface area contributed by atoms with Crippen molar-refractivity contribution in [1.82, 2.24) is 5.32 Å². The number of nitrogens with one attached hydrogen (secondary N) is 1. The van der Waals surface area contributed by atoms with Crippen LogP contribution in [0.15, 0.2) is 24.3 Å². The van der Waals surface area contributed by atoms with Crippen molar-refractivity contribution >= 4 is 17.5 Å². The number of carbonyl (C=O) groups is 1. The monoisotopic (exact) mass is 249 g/mol. The molecule has 0 heterocycles. The molecular weight excluding hydrogens is 234 g/mol. The minimum absolute atomic E-state index is 0.0744. The van der Waals surface area contributed by atoms with Crippen molar-refractivity contribution in [3.8, 4) is 12.3 Å². The quantitative estimate of drug-likeness (QED) is 0.817. The fourth-order valence-corrected chi connectivity index (χ4v) is 1.49. The molecule has 1 aromatic rings. The van der Waals surface area contributed by atoms with Crippen molar-refractivity contribution in [1.29, 1.82) is 0 Å². The lowest BCUT2D eigenvalue weighted by atomic mass is 9.99. The van der Waals surface area contributed by atoms with Gasteiger partial charge in [-0.1, -0.05) is 36.6 Å². The number of terminal acetylenes is 1. The van der Waals surface area contributed by atoms with Gasteiger partial charge in [-0.2, -0.15) is 0 Å². The highest BCUT2D eigenvalue weighted by Crippen LogP contribution is 2.11. The molecule has 3 heteroatoms. The molecule has 17 heavy (non-hydrogen) atoms. The van der Waals surface area contributed by atoms with Gasteiger partial charge in [0, 0.05) is 5.02 Å². The van der Waals surface area contributed by atoms with Crippen molar-refractivity contribution in [2.24, 2.45) is 0 Å². The molecule has 0 aliphatic rings. The van der Waals surface area contributed by atoms with E-state index in [1.807, 2.05) is 26.0 Å². The molecule has 1 atom stereocenters. The van der Waals surface area contributed by atoms with E-state index in [-0.39, 0.29) is 5.91 Å². The van der Waals surface area contributed by atoms with E-state index in [2.05, 4.69) is 11.2 Å². The van der Waals surface area contributed by atoms with Gasteiger partial charge in [0.1, 0.15) is 0 Å². The molecular formula is C14H16ClNO. The normalized spacial score (nSPS) is 13.5. The maximum absolute atomic E-state index is 11.8. The largest absolute Gasteiger partial charge is 0.340 e. The average molecular weight is 250 g/mol. The lowest BCUT2D eigenvalue weighted by molar-refractivity contribution is -0.121. The Morgan fingerprint density at radius 3 is 2.53 bits per heavy atom. The Bertz CT molecular complexity index is 433. The first-order valence-corrected chi connectivity index (χ1v) is 5.90. The third-order valence-electron chi connectivity index (χ3n) is 2.72. The topological polar surface area (TPSA) is 29.1 Å². The molecule has 90 valence electrons. The Morgan fingerprint density at radius 1 is 1.47 bits per heavy atom. The molecule has 1 aromatic carbocycles. The fraction of sp³-hybridized carbons (Fsp3) is 0.357.